The molecule has 0 fully saturated rings. The van der Waals surface area contributed by atoms with Crippen LogP contribution in [0.2, 0.25) is 0 Å². The molecule has 0 aliphatic heterocycles. The summed E-state index contributed by atoms with van der Waals surface area (Å²) < 4.78 is 7.19. The van der Waals surface area contributed by atoms with Gasteiger partial charge in [0.2, 0.25) is 0 Å². The van der Waals surface area contributed by atoms with Crippen molar-refractivity contribution in [1.29, 1.82) is 0 Å². The first kappa shape index (κ1) is 20.1. The van der Waals surface area contributed by atoms with Gasteiger partial charge in [-0.15, -0.1) is 21.5 Å². The third kappa shape index (κ3) is 4.99. The van der Waals surface area contributed by atoms with Gasteiger partial charge in [0.1, 0.15) is 0 Å². The zero-order valence-electron chi connectivity index (χ0n) is 15.5. The fourth-order valence-electron chi connectivity index (χ4n) is 2.44. The molecule has 0 saturated carbocycles. The maximum absolute atomic E-state index is 12.1. The molecule has 1 aromatic carbocycles. The van der Waals surface area contributed by atoms with Gasteiger partial charge in [0.05, 0.1) is 10.6 Å². The van der Waals surface area contributed by atoms with Crippen molar-refractivity contribution in [3.63, 3.8) is 0 Å². The normalized spacial score (nSPS) is 11.8. The topological polar surface area (TPSA) is 86.1 Å². The second-order valence-electron chi connectivity index (χ2n) is 5.80. The number of anilines is 1. The monoisotopic (exact) mass is 416 g/mol. The highest BCUT2D eigenvalue weighted by molar-refractivity contribution is 7.99. The van der Waals surface area contributed by atoms with Crippen LogP contribution in [0.3, 0.4) is 0 Å². The van der Waals surface area contributed by atoms with Gasteiger partial charge in [0, 0.05) is 12.2 Å². The number of nitrogens with one attached hydrogen (secondary N) is 1. The van der Waals surface area contributed by atoms with Crippen LogP contribution in [0, 0.1) is 0 Å². The molecule has 0 aliphatic carbocycles. The number of benzene rings is 1. The standard InChI is InChI=1S/C19H20N4O3S2/c1-3-23-17(15-10-7-11-27-15)21-22-19(23)28-12-16(24)26-13(2)18(25)20-14-8-5-4-6-9-14/h4-11,13H,3,12H2,1-2H3,(H,20,25). The van der Waals surface area contributed by atoms with Crippen LogP contribution < -0.4 is 5.32 Å². The van der Waals surface area contributed by atoms with Crippen molar-refractivity contribution in [1.82, 2.24) is 14.8 Å². The number of hydrogen-bond donors (Lipinski definition) is 1. The molecule has 146 valence electrons. The molecule has 7 nitrogen and oxygen atoms in total. The van der Waals surface area contributed by atoms with E-state index in [1.807, 2.05) is 47.2 Å². The predicted molar refractivity (Wildman–Crippen MR) is 110 cm³/mol. The molecule has 1 N–H and O–H groups in total. The fraction of sp³-hybridized carbons (Fsp3) is 0.263. The van der Waals surface area contributed by atoms with Crippen molar-refractivity contribution < 1.29 is 14.3 Å². The van der Waals surface area contributed by atoms with Gasteiger partial charge in [-0.1, -0.05) is 36.0 Å². The van der Waals surface area contributed by atoms with Crippen molar-refractivity contribution in [2.24, 2.45) is 0 Å². The number of aromatic nitrogens is 3. The number of para-hydroxylation sites is 1. The Morgan fingerprint density at radius 3 is 2.68 bits per heavy atom. The summed E-state index contributed by atoms with van der Waals surface area (Å²) in [6, 6.07) is 13.0. The lowest BCUT2D eigenvalue weighted by Gasteiger charge is -2.13. The van der Waals surface area contributed by atoms with Crippen molar-refractivity contribution in [2.75, 3.05) is 11.1 Å². The number of carbonyl (C=O) groups is 2. The van der Waals surface area contributed by atoms with E-state index < -0.39 is 12.1 Å². The quantitative estimate of drug-likeness (QED) is 0.445. The largest absolute Gasteiger partial charge is 0.452 e. The Balaban J connectivity index is 1.53. The minimum atomic E-state index is -0.890. The SMILES string of the molecule is CCn1c(SCC(=O)OC(C)C(=O)Nc2ccccc2)nnc1-c1cccs1. The van der Waals surface area contributed by atoms with E-state index in [2.05, 4.69) is 15.5 Å². The van der Waals surface area contributed by atoms with Crippen LogP contribution in [-0.2, 0) is 20.9 Å². The fourth-order valence-corrected chi connectivity index (χ4v) is 3.94. The Bertz CT molecular complexity index is 926. The van der Waals surface area contributed by atoms with Crippen molar-refractivity contribution >= 4 is 40.7 Å². The second-order valence-corrected chi connectivity index (χ2v) is 7.69. The smallest absolute Gasteiger partial charge is 0.317 e. The summed E-state index contributed by atoms with van der Waals surface area (Å²) in [4.78, 5) is 25.3. The van der Waals surface area contributed by atoms with Crippen LogP contribution in [0.1, 0.15) is 13.8 Å². The lowest BCUT2D eigenvalue weighted by molar-refractivity contribution is -0.150. The Labute approximate surface area is 171 Å². The maximum atomic E-state index is 12.1. The summed E-state index contributed by atoms with van der Waals surface area (Å²) in [7, 11) is 0. The summed E-state index contributed by atoms with van der Waals surface area (Å²) in [5, 5.41) is 13.7. The number of thioether (sulfide) groups is 1. The summed E-state index contributed by atoms with van der Waals surface area (Å²) in [6.07, 6.45) is -0.890. The average Bonchev–Trinajstić information content (AvgIpc) is 3.36. The third-order valence-electron chi connectivity index (χ3n) is 3.81. The van der Waals surface area contributed by atoms with E-state index in [0.717, 1.165) is 10.7 Å². The first-order valence-corrected chi connectivity index (χ1v) is 10.6. The first-order valence-electron chi connectivity index (χ1n) is 8.73. The van der Waals surface area contributed by atoms with Gasteiger partial charge in [0.25, 0.3) is 5.91 Å². The summed E-state index contributed by atoms with van der Waals surface area (Å²) in [6.45, 7) is 4.23. The second kappa shape index (κ2) is 9.52. The molecule has 0 saturated heterocycles. The number of amides is 1. The molecule has 2 heterocycles. The molecule has 0 spiro atoms. The maximum Gasteiger partial charge on any atom is 0.317 e. The molecule has 1 atom stereocenters. The summed E-state index contributed by atoms with van der Waals surface area (Å²) in [5.74, 6) is -0.0276. The molecule has 0 radical (unpaired) electrons. The van der Waals surface area contributed by atoms with Gasteiger partial charge in [-0.05, 0) is 37.4 Å². The Morgan fingerprint density at radius 1 is 1.21 bits per heavy atom. The van der Waals surface area contributed by atoms with E-state index >= 15 is 0 Å². The molecule has 3 rings (SSSR count). The first-order chi connectivity index (χ1) is 13.6. The lowest BCUT2D eigenvalue weighted by atomic mass is 10.3. The van der Waals surface area contributed by atoms with E-state index in [1.54, 1.807) is 30.4 Å². The van der Waals surface area contributed by atoms with Crippen LogP contribution >= 0.6 is 23.1 Å². The number of hydrogen-bond acceptors (Lipinski definition) is 7. The van der Waals surface area contributed by atoms with Crippen molar-refractivity contribution in [3.05, 3.63) is 47.8 Å². The van der Waals surface area contributed by atoms with E-state index in [1.165, 1.54) is 11.8 Å². The number of esters is 1. The molecule has 1 unspecified atom stereocenters. The minimum absolute atomic E-state index is 0.0472. The van der Waals surface area contributed by atoms with Gasteiger partial charge < -0.3 is 14.6 Å². The molecular formula is C19H20N4O3S2. The van der Waals surface area contributed by atoms with Gasteiger partial charge in [-0.2, -0.15) is 0 Å². The van der Waals surface area contributed by atoms with Gasteiger partial charge >= 0.3 is 5.97 Å². The number of rotatable bonds is 8. The van der Waals surface area contributed by atoms with E-state index in [-0.39, 0.29) is 11.7 Å². The highest BCUT2D eigenvalue weighted by Gasteiger charge is 2.20. The number of carbonyl (C=O) groups excluding carboxylic acids is 2. The minimum Gasteiger partial charge on any atom is -0.452 e. The Hall–Kier alpha value is -2.65. The number of ether oxygens (including phenoxy) is 1. The molecule has 0 bridgehead atoms. The van der Waals surface area contributed by atoms with Gasteiger partial charge in [-0.3, -0.25) is 9.59 Å². The van der Waals surface area contributed by atoms with Gasteiger partial charge in [-0.25, -0.2) is 0 Å². The zero-order chi connectivity index (χ0) is 19.9. The summed E-state index contributed by atoms with van der Waals surface area (Å²) in [5.41, 5.74) is 0.655. The van der Waals surface area contributed by atoms with Crippen molar-refractivity contribution in [2.45, 2.75) is 31.7 Å². The lowest BCUT2D eigenvalue weighted by Crippen LogP contribution is -2.30. The van der Waals surface area contributed by atoms with E-state index in [4.69, 9.17) is 4.74 Å². The molecule has 28 heavy (non-hydrogen) atoms. The van der Waals surface area contributed by atoms with Crippen molar-refractivity contribution in [3.8, 4) is 10.7 Å². The molecular weight excluding hydrogens is 396 g/mol. The van der Waals surface area contributed by atoms with Crippen LogP contribution in [0.4, 0.5) is 5.69 Å². The van der Waals surface area contributed by atoms with E-state index in [9.17, 15) is 9.59 Å². The van der Waals surface area contributed by atoms with Crippen LogP contribution in [0.5, 0.6) is 0 Å². The summed E-state index contributed by atoms with van der Waals surface area (Å²) >= 11 is 2.83. The number of thiophene rings is 1. The predicted octanol–water partition coefficient (Wildman–Crippen LogP) is 3.69. The molecule has 0 aliphatic rings. The molecule has 1 amide bonds. The third-order valence-corrected chi connectivity index (χ3v) is 5.62. The Morgan fingerprint density at radius 2 is 2.00 bits per heavy atom. The Kier molecular flexibility index (Phi) is 6.83. The van der Waals surface area contributed by atoms with Gasteiger partial charge in [0.15, 0.2) is 17.1 Å². The van der Waals surface area contributed by atoms with E-state index in [0.29, 0.717) is 17.4 Å². The highest BCUT2D eigenvalue weighted by atomic mass is 32.2. The zero-order valence-corrected chi connectivity index (χ0v) is 17.1. The number of nitrogens with zero attached hydrogens (tertiary/aromatic N) is 3. The molecule has 9 heteroatoms. The molecule has 3 aromatic rings. The van der Waals surface area contributed by atoms with Crippen LogP contribution in [0.25, 0.3) is 10.7 Å². The van der Waals surface area contributed by atoms with Crippen LogP contribution in [0.15, 0.2) is 53.0 Å². The average molecular weight is 417 g/mol. The van der Waals surface area contributed by atoms with Crippen LogP contribution in [-0.4, -0.2) is 38.5 Å². The molecule has 2 aromatic heterocycles. The highest BCUT2D eigenvalue weighted by Crippen LogP contribution is 2.27.